The maximum Gasteiger partial charge on any atom is 0.246 e. The average molecular weight is 410 g/mol. The maximum absolute atomic E-state index is 12.8. The Morgan fingerprint density at radius 2 is 1.83 bits per heavy atom. The molecule has 1 amide bonds. The van der Waals surface area contributed by atoms with E-state index in [-0.39, 0.29) is 11.7 Å². The third-order valence-corrected chi connectivity index (χ3v) is 6.06. The quantitative estimate of drug-likeness (QED) is 0.656. The number of piperidine rings is 1. The number of carbonyl (C=O) groups is 2. The first kappa shape index (κ1) is 19.7. The Bertz CT molecular complexity index is 986. The van der Waals surface area contributed by atoms with Crippen LogP contribution in [0.1, 0.15) is 46.3 Å². The molecule has 4 rings (SSSR count). The van der Waals surface area contributed by atoms with Gasteiger partial charge in [-0.1, -0.05) is 29.8 Å². The van der Waals surface area contributed by atoms with Gasteiger partial charge >= 0.3 is 0 Å². The molecule has 0 saturated carbocycles. The number of halogens is 1. The van der Waals surface area contributed by atoms with Gasteiger partial charge in [-0.3, -0.25) is 9.59 Å². The molecule has 1 fully saturated rings. The molecule has 2 heterocycles. The zero-order valence-corrected chi connectivity index (χ0v) is 17.5. The lowest BCUT2D eigenvalue weighted by Gasteiger charge is -2.44. The van der Waals surface area contributed by atoms with E-state index in [0.717, 1.165) is 16.7 Å². The summed E-state index contributed by atoms with van der Waals surface area (Å²) < 4.78 is 6.37. The van der Waals surface area contributed by atoms with Gasteiger partial charge in [-0.2, -0.15) is 0 Å². The number of carbonyl (C=O) groups excluding carboxylic acids is 2. The highest BCUT2D eigenvalue weighted by molar-refractivity contribution is 6.30. The normalized spacial score (nSPS) is 18.0. The Morgan fingerprint density at radius 3 is 2.52 bits per heavy atom. The second-order valence-corrected chi connectivity index (χ2v) is 8.49. The Labute approximate surface area is 176 Å². The van der Waals surface area contributed by atoms with Crippen molar-refractivity contribution in [3.8, 4) is 5.75 Å². The first-order chi connectivity index (χ1) is 13.8. The average Bonchev–Trinajstić information content (AvgIpc) is 2.67. The molecule has 0 atom stereocenters. The molecule has 2 aliphatic heterocycles. The molecule has 4 nitrogen and oxygen atoms in total. The molecule has 5 heteroatoms. The van der Waals surface area contributed by atoms with Gasteiger partial charge in [0, 0.05) is 37.0 Å². The van der Waals surface area contributed by atoms with Crippen molar-refractivity contribution in [3.05, 3.63) is 69.8 Å². The number of nitrogens with zero attached hydrogens (tertiary/aromatic N) is 1. The topological polar surface area (TPSA) is 46.6 Å². The van der Waals surface area contributed by atoms with Gasteiger partial charge in [0.15, 0.2) is 5.78 Å². The van der Waals surface area contributed by atoms with E-state index < -0.39 is 5.60 Å². The zero-order valence-electron chi connectivity index (χ0n) is 16.7. The van der Waals surface area contributed by atoms with E-state index in [4.69, 9.17) is 16.3 Å². The summed E-state index contributed by atoms with van der Waals surface area (Å²) in [6.07, 6.45) is 5.09. The number of hydrogen-bond donors (Lipinski definition) is 0. The van der Waals surface area contributed by atoms with Crippen LogP contribution in [0.25, 0.3) is 6.08 Å². The summed E-state index contributed by atoms with van der Waals surface area (Å²) in [5.41, 5.74) is 3.21. The van der Waals surface area contributed by atoms with Crippen molar-refractivity contribution >= 4 is 29.4 Å². The van der Waals surface area contributed by atoms with Crippen LogP contribution < -0.4 is 4.74 Å². The molecule has 0 radical (unpaired) electrons. The van der Waals surface area contributed by atoms with E-state index in [9.17, 15) is 9.59 Å². The van der Waals surface area contributed by atoms with Crippen LogP contribution in [0.4, 0.5) is 0 Å². The van der Waals surface area contributed by atoms with Gasteiger partial charge in [-0.15, -0.1) is 0 Å². The highest BCUT2D eigenvalue weighted by Crippen LogP contribution is 2.41. The summed E-state index contributed by atoms with van der Waals surface area (Å²) in [4.78, 5) is 27.2. The summed E-state index contributed by atoms with van der Waals surface area (Å²) in [5, 5.41) is 0.670. The van der Waals surface area contributed by atoms with Gasteiger partial charge in [0.25, 0.3) is 0 Å². The van der Waals surface area contributed by atoms with Gasteiger partial charge in [0.1, 0.15) is 11.4 Å². The van der Waals surface area contributed by atoms with Gasteiger partial charge in [-0.25, -0.2) is 0 Å². The van der Waals surface area contributed by atoms with Crippen LogP contribution in [-0.2, 0) is 4.79 Å². The lowest BCUT2D eigenvalue weighted by atomic mass is 9.81. The molecule has 150 valence electrons. The zero-order chi connectivity index (χ0) is 20.6. The molecule has 1 spiro atoms. The fourth-order valence-corrected chi connectivity index (χ4v) is 4.40. The Morgan fingerprint density at radius 1 is 1.14 bits per heavy atom. The van der Waals surface area contributed by atoms with E-state index in [2.05, 4.69) is 0 Å². The van der Waals surface area contributed by atoms with E-state index in [1.54, 1.807) is 24.3 Å². The third-order valence-electron chi connectivity index (χ3n) is 5.81. The molecule has 2 aliphatic rings. The van der Waals surface area contributed by atoms with Crippen LogP contribution >= 0.6 is 11.6 Å². The number of benzene rings is 2. The van der Waals surface area contributed by atoms with Gasteiger partial charge in [-0.05, 0) is 54.8 Å². The van der Waals surface area contributed by atoms with E-state index >= 15 is 0 Å². The number of fused-ring (bicyclic) bond motifs is 1. The number of hydrogen-bond acceptors (Lipinski definition) is 3. The Hall–Kier alpha value is -2.59. The van der Waals surface area contributed by atoms with Gasteiger partial charge < -0.3 is 9.64 Å². The minimum Gasteiger partial charge on any atom is -0.486 e. The highest BCUT2D eigenvalue weighted by atomic mass is 35.5. The molecule has 0 aromatic heterocycles. The minimum absolute atomic E-state index is 0.0241. The van der Waals surface area contributed by atoms with E-state index in [1.807, 2.05) is 43.0 Å². The predicted octanol–water partition coefficient (Wildman–Crippen LogP) is 5.00. The molecular weight excluding hydrogens is 386 g/mol. The number of Topliss-reactive ketones (excluding diaryl/α,β-unsaturated/α-hetero) is 1. The Balaban J connectivity index is 1.43. The molecule has 0 bridgehead atoms. The first-order valence-electron chi connectivity index (χ1n) is 9.91. The summed E-state index contributed by atoms with van der Waals surface area (Å²) in [6, 6.07) is 11.3. The fourth-order valence-electron chi connectivity index (χ4n) is 4.28. The second-order valence-electron chi connectivity index (χ2n) is 8.05. The highest BCUT2D eigenvalue weighted by Gasteiger charge is 2.43. The largest absolute Gasteiger partial charge is 0.486 e. The smallest absolute Gasteiger partial charge is 0.246 e. The molecule has 0 aliphatic carbocycles. The van der Waals surface area contributed by atoms with Crippen molar-refractivity contribution < 1.29 is 14.3 Å². The number of aryl methyl sites for hydroxylation is 2. The molecular formula is C24H24ClNO3. The van der Waals surface area contributed by atoms with Crippen molar-refractivity contribution in [1.82, 2.24) is 4.90 Å². The van der Waals surface area contributed by atoms with E-state index in [0.29, 0.717) is 48.7 Å². The lowest BCUT2D eigenvalue weighted by Crippen LogP contribution is -2.52. The standard InChI is InChI=1S/C24H24ClNO3/c1-16-13-17(2)23-20(27)15-24(29-21(23)14-16)9-11-26(12-10-24)22(28)8-5-18-3-6-19(25)7-4-18/h3-8,13-14H,9-12,15H2,1-2H3/b8-5+. The van der Waals surface area contributed by atoms with Crippen molar-refractivity contribution in [2.75, 3.05) is 13.1 Å². The van der Waals surface area contributed by atoms with Crippen LogP contribution in [0.15, 0.2) is 42.5 Å². The van der Waals surface area contributed by atoms with Crippen molar-refractivity contribution in [3.63, 3.8) is 0 Å². The molecule has 0 N–H and O–H groups in total. The lowest BCUT2D eigenvalue weighted by molar-refractivity contribution is -0.129. The molecule has 0 unspecified atom stereocenters. The Kier molecular flexibility index (Phi) is 5.22. The number of amides is 1. The summed E-state index contributed by atoms with van der Waals surface area (Å²) >= 11 is 5.89. The molecule has 1 saturated heterocycles. The van der Waals surface area contributed by atoms with Crippen LogP contribution in [0.2, 0.25) is 5.02 Å². The maximum atomic E-state index is 12.8. The van der Waals surface area contributed by atoms with Crippen molar-refractivity contribution in [2.24, 2.45) is 0 Å². The number of rotatable bonds is 2. The SMILES string of the molecule is Cc1cc(C)c2c(c1)OC1(CCN(C(=O)/C=C/c3ccc(Cl)cc3)CC1)CC2=O. The van der Waals surface area contributed by atoms with Gasteiger partial charge in [0.2, 0.25) is 5.91 Å². The first-order valence-corrected chi connectivity index (χ1v) is 10.3. The van der Waals surface area contributed by atoms with Crippen LogP contribution in [0.5, 0.6) is 5.75 Å². The van der Waals surface area contributed by atoms with Crippen molar-refractivity contribution in [1.29, 1.82) is 0 Å². The van der Waals surface area contributed by atoms with Crippen molar-refractivity contribution in [2.45, 2.75) is 38.7 Å². The molecule has 2 aromatic rings. The summed E-state index contributed by atoms with van der Waals surface area (Å²) in [7, 11) is 0. The monoisotopic (exact) mass is 409 g/mol. The summed E-state index contributed by atoms with van der Waals surface area (Å²) in [5.74, 6) is 0.816. The van der Waals surface area contributed by atoms with E-state index in [1.165, 1.54) is 0 Å². The van der Waals surface area contributed by atoms with Crippen LogP contribution in [0, 0.1) is 13.8 Å². The van der Waals surface area contributed by atoms with Gasteiger partial charge in [0.05, 0.1) is 12.0 Å². The number of ether oxygens (including phenoxy) is 1. The van der Waals surface area contributed by atoms with Crippen LogP contribution in [-0.4, -0.2) is 35.3 Å². The summed E-state index contributed by atoms with van der Waals surface area (Å²) in [6.45, 7) is 5.13. The van der Waals surface area contributed by atoms with Crippen LogP contribution in [0.3, 0.4) is 0 Å². The number of likely N-dealkylation sites (tertiary alicyclic amines) is 1. The molecule has 2 aromatic carbocycles. The minimum atomic E-state index is -0.499. The second kappa shape index (κ2) is 7.68. The number of ketones is 1. The fraction of sp³-hybridized carbons (Fsp3) is 0.333. The third kappa shape index (κ3) is 4.08. The predicted molar refractivity (Wildman–Crippen MR) is 115 cm³/mol. The molecule has 29 heavy (non-hydrogen) atoms.